The van der Waals surface area contributed by atoms with Crippen LogP contribution in [-0.4, -0.2) is 30.4 Å². The number of rotatable bonds is 3. The molecule has 0 aromatic heterocycles. The van der Waals surface area contributed by atoms with Crippen molar-refractivity contribution >= 4 is 52.4 Å². The highest BCUT2D eigenvalue weighted by atomic mass is 35.5. The molecule has 1 heterocycles. The van der Waals surface area contributed by atoms with E-state index in [2.05, 4.69) is 5.32 Å². The number of hydrogen-bond acceptors (Lipinski definition) is 4. The molecule has 1 atom stereocenters. The highest BCUT2D eigenvalue weighted by Gasteiger charge is 2.30. The zero-order valence-corrected chi connectivity index (χ0v) is 15.9. The SMILES string of the molecule is C[C@@H]1CC(=O)Nc2ccccc2N1C(=O)COC(=O)c1cc(Cl)ccc1Cl. The Morgan fingerprint density at radius 3 is 2.74 bits per heavy atom. The first kappa shape index (κ1) is 19.2. The molecular weight excluding hydrogens is 391 g/mol. The largest absolute Gasteiger partial charge is 0.452 e. The lowest BCUT2D eigenvalue weighted by atomic mass is 10.1. The van der Waals surface area contributed by atoms with Crippen LogP contribution < -0.4 is 10.2 Å². The lowest BCUT2D eigenvalue weighted by molar-refractivity contribution is -0.122. The van der Waals surface area contributed by atoms with Gasteiger partial charge in [0.1, 0.15) is 0 Å². The third-order valence-corrected chi connectivity index (χ3v) is 4.67. The molecule has 1 N–H and O–H groups in total. The van der Waals surface area contributed by atoms with Crippen LogP contribution in [-0.2, 0) is 14.3 Å². The molecule has 8 heteroatoms. The summed E-state index contributed by atoms with van der Waals surface area (Å²) >= 11 is 11.9. The normalized spacial score (nSPS) is 16.2. The zero-order valence-electron chi connectivity index (χ0n) is 14.4. The van der Waals surface area contributed by atoms with E-state index >= 15 is 0 Å². The summed E-state index contributed by atoms with van der Waals surface area (Å²) in [4.78, 5) is 38.5. The van der Waals surface area contributed by atoms with E-state index in [0.29, 0.717) is 16.4 Å². The summed E-state index contributed by atoms with van der Waals surface area (Å²) in [5.74, 6) is -1.38. The number of amides is 2. The summed E-state index contributed by atoms with van der Waals surface area (Å²) < 4.78 is 5.13. The van der Waals surface area contributed by atoms with Gasteiger partial charge in [-0.1, -0.05) is 35.3 Å². The molecule has 2 amide bonds. The fourth-order valence-electron chi connectivity index (χ4n) is 2.90. The molecule has 0 spiro atoms. The van der Waals surface area contributed by atoms with Crippen LogP contribution in [0.25, 0.3) is 0 Å². The molecule has 0 saturated heterocycles. The van der Waals surface area contributed by atoms with Crippen molar-refractivity contribution in [3.8, 4) is 0 Å². The summed E-state index contributed by atoms with van der Waals surface area (Å²) in [6, 6.07) is 11.0. The van der Waals surface area contributed by atoms with Crippen molar-refractivity contribution in [3.63, 3.8) is 0 Å². The molecule has 2 aromatic carbocycles. The fourth-order valence-corrected chi connectivity index (χ4v) is 3.26. The minimum Gasteiger partial charge on any atom is -0.452 e. The Labute approximate surface area is 166 Å². The number of para-hydroxylation sites is 2. The van der Waals surface area contributed by atoms with Gasteiger partial charge in [0.25, 0.3) is 5.91 Å². The molecule has 0 aliphatic carbocycles. The van der Waals surface area contributed by atoms with Crippen molar-refractivity contribution in [3.05, 3.63) is 58.1 Å². The van der Waals surface area contributed by atoms with Gasteiger partial charge in [-0.2, -0.15) is 0 Å². The molecule has 2 aromatic rings. The average molecular weight is 407 g/mol. The van der Waals surface area contributed by atoms with E-state index in [1.807, 2.05) is 0 Å². The quantitative estimate of drug-likeness (QED) is 0.783. The fraction of sp³-hybridized carbons (Fsp3) is 0.211. The molecule has 0 saturated carbocycles. The molecule has 0 radical (unpaired) electrons. The van der Waals surface area contributed by atoms with Crippen LogP contribution in [0.5, 0.6) is 0 Å². The Morgan fingerprint density at radius 2 is 1.96 bits per heavy atom. The van der Waals surface area contributed by atoms with Crippen LogP contribution in [0.2, 0.25) is 10.0 Å². The van der Waals surface area contributed by atoms with E-state index in [-0.39, 0.29) is 22.9 Å². The number of anilines is 2. The van der Waals surface area contributed by atoms with E-state index in [0.717, 1.165) is 0 Å². The number of halogens is 2. The molecule has 140 valence electrons. The smallest absolute Gasteiger partial charge is 0.340 e. The number of ether oxygens (including phenoxy) is 1. The van der Waals surface area contributed by atoms with Crippen molar-refractivity contribution in [2.45, 2.75) is 19.4 Å². The van der Waals surface area contributed by atoms with Gasteiger partial charge in [-0.3, -0.25) is 9.59 Å². The number of benzene rings is 2. The monoisotopic (exact) mass is 406 g/mol. The van der Waals surface area contributed by atoms with Gasteiger partial charge in [-0.05, 0) is 37.3 Å². The summed E-state index contributed by atoms with van der Waals surface area (Å²) in [6.45, 7) is 1.27. The highest BCUT2D eigenvalue weighted by Crippen LogP contribution is 2.31. The molecule has 27 heavy (non-hydrogen) atoms. The van der Waals surface area contributed by atoms with Crippen LogP contribution in [0.4, 0.5) is 11.4 Å². The van der Waals surface area contributed by atoms with Crippen molar-refractivity contribution in [1.82, 2.24) is 0 Å². The number of hydrogen-bond donors (Lipinski definition) is 1. The molecule has 1 aliphatic rings. The number of nitrogens with one attached hydrogen (secondary N) is 1. The topological polar surface area (TPSA) is 75.7 Å². The van der Waals surface area contributed by atoms with E-state index < -0.39 is 24.5 Å². The van der Waals surface area contributed by atoms with E-state index in [1.165, 1.54) is 17.0 Å². The molecule has 0 fully saturated rings. The van der Waals surface area contributed by atoms with Crippen LogP contribution in [0.15, 0.2) is 42.5 Å². The molecule has 6 nitrogen and oxygen atoms in total. The van der Waals surface area contributed by atoms with Crippen LogP contribution in [0, 0.1) is 0 Å². The second-order valence-corrected chi connectivity index (χ2v) is 6.93. The van der Waals surface area contributed by atoms with Gasteiger partial charge in [0.05, 0.1) is 22.0 Å². The summed E-state index contributed by atoms with van der Waals surface area (Å²) in [5, 5.41) is 3.28. The minimum absolute atomic E-state index is 0.0816. The van der Waals surface area contributed by atoms with E-state index in [9.17, 15) is 14.4 Å². The van der Waals surface area contributed by atoms with Gasteiger partial charge in [0.2, 0.25) is 5.91 Å². The maximum atomic E-state index is 12.8. The van der Waals surface area contributed by atoms with Crippen LogP contribution in [0.3, 0.4) is 0 Å². The van der Waals surface area contributed by atoms with Gasteiger partial charge in [-0.15, -0.1) is 0 Å². The standard InChI is InChI=1S/C19H16Cl2N2O4/c1-11-8-17(24)22-15-4-2-3-5-16(15)23(11)18(25)10-27-19(26)13-9-12(20)6-7-14(13)21/h2-7,9,11H,8,10H2,1H3,(H,22,24)/t11-/m1/s1. The van der Waals surface area contributed by atoms with Gasteiger partial charge in [0.15, 0.2) is 6.61 Å². The van der Waals surface area contributed by atoms with Gasteiger partial charge < -0.3 is 15.0 Å². The summed E-state index contributed by atoms with van der Waals surface area (Å²) in [5.41, 5.74) is 1.17. The average Bonchev–Trinajstić information content (AvgIpc) is 2.75. The third-order valence-electron chi connectivity index (χ3n) is 4.10. The van der Waals surface area contributed by atoms with Gasteiger partial charge >= 0.3 is 5.97 Å². The van der Waals surface area contributed by atoms with E-state index in [1.54, 1.807) is 37.3 Å². The number of nitrogens with zero attached hydrogens (tertiary/aromatic N) is 1. The Morgan fingerprint density at radius 1 is 1.22 bits per heavy atom. The number of fused-ring (bicyclic) bond motifs is 1. The number of carbonyl (C=O) groups excluding carboxylic acids is 3. The van der Waals surface area contributed by atoms with Crippen LogP contribution in [0.1, 0.15) is 23.7 Å². The van der Waals surface area contributed by atoms with Crippen molar-refractivity contribution in [1.29, 1.82) is 0 Å². The first-order chi connectivity index (χ1) is 12.9. The Hall–Kier alpha value is -2.57. The Bertz CT molecular complexity index is 916. The predicted molar refractivity (Wildman–Crippen MR) is 103 cm³/mol. The first-order valence-electron chi connectivity index (χ1n) is 8.20. The van der Waals surface area contributed by atoms with Gasteiger partial charge in [-0.25, -0.2) is 4.79 Å². The summed E-state index contributed by atoms with van der Waals surface area (Å²) in [6.07, 6.45) is 0.133. The lowest BCUT2D eigenvalue weighted by Crippen LogP contribution is -2.41. The minimum atomic E-state index is -0.749. The molecule has 0 bridgehead atoms. The zero-order chi connectivity index (χ0) is 19.6. The van der Waals surface area contributed by atoms with Crippen molar-refractivity contribution in [2.75, 3.05) is 16.8 Å². The molecule has 1 aliphatic heterocycles. The van der Waals surface area contributed by atoms with E-state index in [4.69, 9.17) is 27.9 Å². The predicted octanol–water partition coefficient (Wildman–Crippen LogP) is 3.91. The third kappa shape index (κ3) is 4.23. The lowest BCUT2D eigenvalue weighted by Gasteiger charge is -2.27. The Balaban J connectivity index is 1.78. The number of carbonyl (C=O) groups is 3. The summed E-state index contributed by atoms with van der Waals surface area (Å²) in [7, 11) is 0. The van der Waals surface area contributed by atoms with Gasteiger partial charge in [0, 0.05) is 17.5 Å². The molecule has 3 rings (SSSR count). The second kappa shape index (κ2) is 7.98. The molecule has 0 unspecified atom stereocenters. The maximum Gasteiger partial charge on any atom is 0.340 e. The second-order valence-electron chi connectivity index (χ2n) is 6.08. The Kier molecular flexibility index (Phi) is 5.68. The maximum absolute atomic E-state index is 12.8. The van der Waals surface area contributed by atoms with Crippen molar-refractivity contribution in [2.24, 2.45) is 0 Å². The van der Waals surface area contributed by atoms with Crippen molar-refractivity contribution < 1.29 is 19.1 Å². The molecular formula is C19H16Cl2N2O4. The first-order valence-corrected chi connectivity index (χ1v) is 8.95. The van der Waals surface area contributed by atoms with Crippen LogP contribution >= 0.6 is 23.2 Å². The number of esters is 1. The highest BCUT2D eigenvalue weighted by molar-refractivity contribution is 6.35.